The highest BCUT2D eigenvalue weighted by Gasteiger charge is 2.28. The number of hydrogen-bond acceptors (Lipinski definition) is 10. The fourth-order valence-corrected chi connectivity index (χ4v) is 5.84. The highest BCUT2D eigenvalue weighted by molar-refractivity contribution is 7.89. The number of amides is 2. The van der Waals surface area contributed by atoms with E-state index in [-0.39, 0.29) is 30.4 Å². The normalized spacial score (nSPS) is 13.2. The van der Waals surface area contributed by atoms with Crippen LogP contribution in [0.2, 0.25) is 0 Å². The number of fused-ring (bicyclic) bond motifs is 1. The Hall–Kier alpha value is -5.61. The molecule has 0 saturated carbocycles. The number of nitrogens with one attached hydrogen (secondary N) is 4. The molecule has 1 aliphatic heterocycles. The summed E-state index contributed by atoms with van der Waals surface area (Å²) in [5, 5.41) is 25.3. The van der Waals surface area contributed by atoms with E-state index in [2.05, 4.69) is 25.7 Å². The minimum atomic E-state index is -4.14. The van der Waals surface area contributed by atoms with Crippen molar-refractivity contribution >= 4 is 56.5 Å². The summed E-state index contributed by atoms with van der Waals surface area (Å²) in [5.41, 5.74) is 1.18. The summed E-state index contributed by atoms with van der Waals surface area (Å²) >= 11 is 0. The summed E-state index contributed by atoms with van der Waals surface area (Å²) < 4.78 is 34.0. The van der Waals surface area contributed by atoms with E-state index < -0.39 is 39.9 Å². The van der Waals surface area contributed by atoms with Gasteiger partial charge in [0.05, 0.1) is 11.5 Å². The number of rotatable bonds is 13. The number of guanidine groups is 1. The number of carboxylic acids is 2. The molecule has 0 saturated heterocycles. The summed E-state index contributed by atoms with van der Waals surface area (Å²) in [4.78, 5) is 61.0. The monoisotopic (exact) mass is 695 g/mol. The molecule has 1 heterocycles. The zero-order valence-corrected chi connectivity index (χ0v) is 27.4. The van der Waals surface area contributed by atoms with Gasteiger partial charge in [-0.15, -0.1) is 0 Å². The number of aliphatic imine (C=N–C) groups is 1. The molecule has 49 heavy (non-hydrogen) atoms. The van der Waals surface area contributed by atoms with Crippen LogP contribution in [0.5, 0.6) is 0 Å². The maximum Gasteiger partial charge on any atom is 0.328 e. The van der Waals surface area contributed by atoms with Crippen molar-refractivity contribution in [1.82, 2.24) is 20.7 Å². The highest BCUT2D eigenvalue weighted by Crippen LogP contribution is 2.23. The fourth-order valence-electron chi connectivity index (χ4n) is 4.43. The van der Waals surface area contributed by atoms with Crippen molar-refractivity contribution in [2.24, 2.45) is 4.99 Å². The third-order valence-electron chi connectivity index (χ3n) is 6.75. The maximum atomic E-state index is 13.3. The SMILES string of the molecule is CCOC(=O)[C@H](CNC(=O)c1ccc(CCC(=O)NC2=NCCCN2)cc1)NS(=O)(=O)c1cccc2ccccc12.O=C(O)/C=C/C(=O)O. The van der Waals surface area contributed by atoms with Crippen LogP contribution in [0.3, 0.4) is 0 Å². The molecule has 0 radical (unpaired) electrons. The van der Waals surface area contributed by atoms with Crippen LogP contribution in [-0.4, -0.2) is 86.6 Å². The van der Waals surface area contributed by atoms with Gasteiger partial charge in [0.25, 0.3) is 5.91 Å². The van der Waals surface area contributed by atoms with Gasteiger partial charge in [0, 0.05) is 49.2 Å². The number of carbonyl (C=O) groups excluding carboxylic acids is 3. The Balaban J connectivity index is 0.000000723. The predicted octanol–water partition coefficient (Wildman–Crippen LogP) is 1.59. The summed E-state index contributed by atoms with van der Waals surface area (Å²) in [5.74, 6) is -3.47. The van der Waals surface area contributed by atoms with Crippen molar-refractivity contribution in [3.05, 3.63) is 90.0 Å². The van der Waals surface area contributed by atoms with E-state index in [1.165, 1.54) is 6.07 Å². The number of ether oxygens (including phenoxy) is 1. The second kappa shape index (κ2) is 18.7. The molecule has 0 aromatic heterocycles. The maximum absolute atomic E-state index is 13.3. The van der Waals surface area contributed by atoms with Gasteiger partial charge in [-0.3, -0.25) is 24.7 Å². The lowest BCUT2D eigenvalue weighted by atomic mass is 10.1. The molecule has 15 nitrogen and oxygen atoms in total. The van der Waals surface area contributed by atoms with Crippen molar-refractivity contribution in [2.75, 3.05) is 26.2 Å². The van der Waals surface area contributed by atoms with Gasteiger partial charge in [0.15, 0.2) is 5.96 Å². The van der Waals surface area contributed by atoms with Gasteiger partial charge >= 0.3 is 17.9 Å². The molecule has 0 aliphatic carbocycles. The van der Waals surface area contributed by atoms with Crippen molar-refractivity contribution < 1.29 is 47.3 Å². The molecule has 16 heteroatoms. The van der Waals surface area contributed by atoms with Crippen molar-refractivity contribution in [2.45, 2.75) is 37.1 Å². The van der Waals surface area contributed by atoms with Gasteiger partial charge in [-0.1, -0.05) is 48.5 Å². The molecule has 0 spiro atoms. The predicted molar refractivity (Wildman–Crippen MR) is 179 cm³/mol. The Morgan fingerprint density at radius 3 is 2.27 bits per heavy atom. The van der Waals surface area contributed by atoms with Crippen LogP contribution in [0.4, 0.5) is 0 Å². The summed E-state index contributed by atoms with van der Waals surface area (Å²) in [6, 6.07) is 17.2. The number of carbonyl (C=O) groups is 5. The van der Waals surface area contributed by atoms with Crippen LogP contribution in [0.15, 0.2) is 88.8 Å². The van der Waals surface area contributed by atoms with E-state index in [0.29, 0.717) is 42.0 Å². The molecule has 260 valence electrons. The molecule has 6 N–H and O–H groups in total. The van der Waals surface area contributed by atoms with Gasteiger partial charge in [0.2, 0.25) is 15.9 Å². The smallest absolute Gasteiger partial charge is 0.328 e. The van der Waals surface area contributed by atoms with Crippen molar-refractivity contribution in [3.8, 4) is 0 Å². The number of aliphatic carboxylic acids is 2. The molecule has 3 aromatic carbocycles. The van der Waals surface area contributed by atoms with E-state index in [1.54, 1.807) is 67.6 Å². The quantitative estimate of drug-likeness (QED) is 0.111. The van der Waals surface area contributed by atoms with Gasteiger partial charge in [0.1, 0.15) is 6.04 Å². The van der Waals surface area contributed by atoms with E-state index in [9.17, 15) is 32.4 Å². The Labute approximate surface area is 282 Å². The number of aryl methyl sites for hydroxylation is 1. The molecule has 2 amide bonds. The van der Waals surface area contributed by atoms with E-state index in [1.807, 2.05) is 0 Å². The molecule has 0 fully saturated rings. The lowest BCUT2D eigenvalue weighted by Crippen LogP contribution is -2.49. The Bertz CT molecular complexity index is 1800. The second-order valence-corrected chi connectivity index (χ2v) is 12.1. The first kappa shape index (κ1) is 37.8. The third-order valence-corrected chi connectivity index (χ3v) is 8.28. The van der Waals surface area contributed by atoms with Crippen LogP contribution >= 0.6 is 0 Å². The number of esters is 1. The fraction of sp³-hybridized carbons (Fsp3) is 0.273. The second-order valence-electron chi connectivity index (χ2n) is 10.4. The third kappa shape index (κ3) is 12.5. The van der Waals surface area contributed by atoms with Crippen molar-refractivity contribution in [3.63, 3.8) is 0 Å². The van der Waals surface area contributed by atoms with Crippen LogP contribution in [0.25, 0.3) is 10.8 Å². The number of carboxylic acid groups (broad SMARTS) is 2. The van der Waals surface area contributed by atoms with Gasteiger partial charge in [-0.05, 0) is 48.9 Å². The number of sulfonamides is 1. The van der Waals surface area contributed by atoms with Crippen LogP contribution in [0.1, 0.15) is 35.7 Å². The van der Waals surface area contributed by atoms with Gasteiger partial charge < -0.3 is 25.6 Å². The lowest BCUT2D eigenvalue weighted by molar-refractivity contribution is -0.145. The molecular weight excluding hydrogens is 658 g/mol. The Kier molecular flexibility index (Phi) is 14.4. The van der Waals surface area contributed by atoms with E-state index in [4.69, 9.17) is 14.9 Å². The average molecular weight is 696 g/mol. The summed E-state index contributed by atoms with van der Waals surface area (Å²) in [6.45, 7) is 2.80. The van der Waals surface area contributed by atoms with Gasteiger partial charge in [-0.2, -0.15) is 4.72 Å². The first-order valence-corrected chi connectivity index (χ1v) is 16.6. The summed E-state index contributed by atoms with van der Waals surface area (Å²) in [7, 11) is -4.14. The molecule has 3 aromatic rings. The molecule has 1 atom stereocenters. The Morgan fingerprint density at radius 1 is 0.959 bits per heavy atom. The first-order chi connectivity index (χ1) is 23.4. The molecular formula is C33H37N5O10S. The van der Waals surface area contributed by atoms with Crippen LogP contribution in [0, 0.1) is 0 Å². The largest absolute Gasteiger partial charge is 0.478 e. The van der Waals surface area contributed by atoms with Gasteiger partial charge in [-0.25, -0.2) is 18.0 Å². The minimum absolute atomic E-state index is 0.0171. The number of benzene rings is 3. The van der Waals surface area contributed by atoms with Crippen molar-refractivity contribution in [1.29, 1.82) is 0 Å². The zero-order valence-electron chi connectivity index (χ0n) is 26.5. The Morgan fingerprint density at radius 2 is 1.63 bits per heavy atom. The molecule has 1 aliphatic rings. The number of hydrogen-bond donors (Lipinski definition) is 6. The van der Waals surface area contributed by atoms with E-state index in [0.717, 1.165) is 23.9 Å². The number of nitrogens with zero attached hydrogens (tertiary/aromatic N) is 1. The standard InChI is InChI=1S/C29H33N5O6S.C4H4O4/c1-2-40-28(37)24(34-41(38,39)25-10-5-8-21-7-3-4-9-23(21)25)19-32-27(36)22-14-11-20(12-15-22)13-16-26(35)33-29-30-17-6-18-31-29;5-3(6)1-2-4(7)8/h3-5,7-12,14-15,24,34H,2,6,13,16-19H2,1H3,(H,32,36)(H2,30,31,33,35);1-2H,(H,5,6)(H,7,8)/b;2-1+/t24-;/m0./s1. The van der Waals surface area contributed by atoms with Crippen LogP contribution in [-0.2, 0) is 40.4 Å². The van der Waals surface area contributed by atoms with E-state index >= 15 is 0 Å². The summed E-state index contributed by atoms with van der Waals surface area (Å²) in [6.07, 6.45) is 2.78. The lowest BCUT2D eigenvalue weighted by Gasteiger charge is -2.19. The molecule has 0 unspecified atom stereocenters. The zero-order chi connectivity index (χ0) is 35.8. The van der Waals surface area contributed by atoms with Crippen LogP contribution < -0.4 is 20.7 Å². The highest BCUT2D eigenvalue weighted by atomic mass is 32.2. The minimum Gasteiger partial charge on any atom is -0.478 e. The topological polar surface area (TPSA) is 230 Å². The molecule has 4 rings (SSSR count). The first-order valence-electron chi connectivity index (χ1n) is 15.2. The average Bonchev–Trinajstić information content (AvgIpc) is 3.09. The molecule has 0 bridgehead atoms.